The van der Waals surface area contributed by atoms with Crippen LogP contribution in [-0.2, 0) is 19.6 Å². The Hall–Kier alpha value is -3.21. The van der Waals surface area contributed by atoms with Crippen LogP contribution in [0.2, 0.25) is 0 Å². The molecule has 0 heterocycles. The minimum atomic E-state index is -4.17. The first-order chi connectivity index (χ1) is 13.3. The summed E-state index contributed by atoms with van der Waals surface area (Å²) in [6.07, 6.45) is 0. The molecule has 0 atom stereocenters. The number of hydrogen-bond acceptors (Lipinski definition) is 6. The Balaban J connectivity index is 2.19. The summed E-state index contributed by atoms with van der Waals surface area (Å²) in [5.41, 5.74) is 5.24. The van der Waals surface area contributed by atoms with Gasteiger partial charge >= 0.3 is 12.6 Å². The van der Waals surface area contributed by atoms with Gasteiger partial charge in [-0.2, -0.15) is 17.2 Å². The van der Waals surface area contributed by atoms with Gasteiger partial charge in [0.15, 0.2) is 0 Å². The van der Waals surface area contributed by atoms with Crippen molar-refractivity contribution >= 4 is 27.5 Å². The van der Waals surface area contributed by atoms with Gasteiger partial charge in [-0.25, -0.2) is 4.79 Å². The van der Waals surface area contributed by atoms with Crippen molar-refractivity contribution in [3.63, 3.8) is 0 Å². The zero-order chi connectivity index (χ0) is 20.6. The molecule has 2 aromatic rings. The van der Waals surface area contributed by atoms with E-state index in [1.807, 2.05) is 0 Å². The van der Waals surface area contributed by atoms with E-state index in [2.05, 4.69) is 20.0 Å². The Morgan fingerprint density at radius 1 is 1.11 bits per heavy atom. The van der Waals surface area contributed by atoms with Gasteiger partial charge in [0.1, 0.15) is 5.75 Å². The maximum atomic E-state index is 12.4. The Morgan fingerprint density at radius 3 is 2.32 bits per heavy atom. The monoisotopic (exact) mass is 413 g/mol. The number of amidine groups is 1. The predicted octanol–water partition coefficient (Wildman–Crippen LogP) is 2.56. The summed E-state index contributed by atoms with van der Waals surface area (Å²) in [6.45, 7) is -1.40. The fourth-order valence-electron chi connectivity index (χ4n) is 1.93. The molecule has 0 radical (unpaired) electrons. The summed E-state index contributed by atoms with van der Waals surface area (Å²) >= 11 is 0. The summed E-state index contributed by atoms with van der Waals surface area (Å²) in [4.78, 5) is 11.9. The average Bonchev–Trinajstić information content (AvgIpc) is 2.66. The number of rotatable bonds is 7. The van der Waals surface area contributed by atoms with E-state index >= 15 is 0 Å². The van der Waals surface area contributed by atoms with Crippen LogP contribution in [-0.4, -0.2) is 33.4 Å². The van der Waals surface area contributed by atoms with Crippen molar-refractivity contribution in [1.82, 2.24) is 5.43 Å². The lowest BCUT2D eigenvalue weighted by molar-refractivity contribution is -0.135. The highest BCUT2D eigenvalue weighted by molar-refractivity contribution is 7.90. The molecule has 0 aliphatic rings. The van der Waals surface area contributed by atoms with Crippen LogP contribution in [0.4, 0.5) is 14.5 Å². The number of anilines is 1. The van der Waals surface area contributed by atoms with Crippen molar-refractivity contribution in [2.45, 2.75) is 18.4 Å². The van der Waals surface area contributed by atoms with Gasteiger partial charge in [0.2, 0.25) is 5.84 Å². The van der Waals surface area contributed by atoms with E-state index in [1.54, 1.807) is 13.0 Å². The molecule has 0 saturated heterocycles. The molecule has 0 spiro atoms. The topological polar surface area (TPSA) is 106 Å². The van der Waals surface area contributed by atoms with E-state index in [4.69, 9.17) is 4.74 Å². The smallest absolute Gasteiger partial charge is 0.387 e. The van der Waals surface area contributed by atoms with Crippen LogP contribution in [0.15, 0.2) is 63.9 Å². The summed E-state index contributed by atoms with van der Waals surface area (Å²) in [5.74, 6) is -1.66. The van der Waals surface area contributed by atoms with Crippen LogP contribution in [0.5, 0.6) is 5.75 Å². The Kier molecular flexibility index (Phi) is 7.27. The fraction of sp³-hybridized carbons (Fsp3) is 0.176. The summed E-state index contributed by atoms with van der Waals surface area (Å²) in [5, 5.41) is 0. The van der Waals surface area contributed by atoms with Crippen LogP contribution >= 0.6 is 0 Å². The largest absolute Gasteiger partial charge is 0.460 e. The summed E-state index contributed by atoms with van der Waals surface area (Å²) < 4.78 is 61.5. The highest BCUT2D eigenvalue weighted by Gasteiger charge is 2.20. The minimum absolute atomic E-state index is 0.00455. The molecular formula is C17H17F2N3O5S. The van der Waals surface area contributed by atoms with Crippen LogP contribution in [0.1, 0.15) is 6.92 Å². The lowest BCUT2D eigenvalue weighted by Gasteiger charge is -2.12. The molecule has 0 unspecified atom stereocenters. The Morgan fingerprint density at radius 2 is 1.75 bits per heavy atom. The van der Waals surface area contributed by atoms with Gasteiger partial charge in [0, 0.05) is 0 Å². The van der Waals surface area contributed by atoms with E-state index in [0.29, 0.717) is 5.69 Å². The molecule has 0 amide bonds. The van der Waals surface area contributed by atoms with Gasteiger partial charge in [-0.1, -0.05) is 18.2 Å². The highest BCUT2D eigenvalue weighted by atomic mass is 32.2. The molecule has 0 aromatic heterocycles. The van der Waals surface area contributed by atoms with Crippen molar-refractivity contribution in [2.75, 3.05) is 12.0 Å². The molecule has 0 aliphatic carbocycles. The second-order valence-corrected chi connectivity index (χ2v) is 6.71. The number of hydrazine groups is 1. The number of sulfonamides is 1. The lowest BCUT2D eigenvalue weighted by atomic mass is 10.3. The molecule has 150 valence electrons. The lowest BCUT2D eigenvalue weighted by Crippen LogP contribution is -2.37. The third-order valence-electron chi connectivity index (χ3n) is 3.13. The minimum Gasteiger partial charge on any atom is -0.460 e. The Labute approximate surface area is 160 Å². The SMILES string of the molecule is CCOC(=O)C(=NS(=O)(=O)c1ccccc1)NNc1ccc(OC(F)F)cc1. The number of halogens is 2. The molecule has 2 N–H and O–H groups in total. The zero-order valence-electron chi connectivity index (χ0n) is 14.6. The molecule has 2 aromatic carbocycles. The molecule has 0 bridgehead atoms. The number of benzene rings is 2. The number of nitrogens with one attached hydrogen (secondary N) is 2. The molecular weight excluding hydrogens is 396 g/mol. The first-order valence-corrected chi connectivity index (χ1v) is 9.40. The van der Waals surface area contributed by atoms with Crippen LogP contribution in [0.25, 0.3) is 0 Å². The first-order valence-electron chi connectivity index (χ1n) is 7.96. The van der Waals surface area contributed by atoms with Crippen LogP contribution < -0.4 is 15.6 Å². The molecule has 28 heavy (non-hydrogen) atoms. The van der Waals surface area contributed by atoms with Crippen LogP contribution in [0.3, 0.4) is 0 Å². The molecule has 2 rings (SSSR count). The number of ether oxygens (including phenoxy) is 2. The van der Waals surface area contributed by atoms with Crippen molar-refractivity contribution in [2.24, 2.45) is 4.40 Å². The van der Waals surface area contributed by atoms with E-state index in [0.717, 1.165) is 0 Å². The zero-order valence-corrected chi connectivity index (χ0v) is 15.4. The molecule has 8 nitrogen and oxygen atoms in total. The van der Waals surface area contributed by atoms with Crippen molar-refractivity contribution in [3.05, 3.63) is 54.6 Å². The van der Waals surface area contributed by atoms with Gasteiger partial charge in [-0.15, -0.1) is 4.40 Å². The Bertz CT molecular complexity index is 920. The molecule has 0 saturated carbocycles. The van der Waals surface area contributed by atoms with Crippen molar-refractivity contribution in [1.29, 1.82) is 0 Å². The number of esters is 1. The van der Waals surface area contributed by atoms with E-state index in [-0.39, 0.29) is 17.3 Å². The third-order valence-corrected chi connectivity index (χ3v) is 4.42. The second-order valence-electron chi connectivity index (χ2n) is 5.10. The van der Waals surface area contributed by atoms with E-state index < -0.39 is 28.4 Å². The normalized spacial score (nSPS) is 11.8. The van der Waals surface area contributed by atoms with Crippen LogP contribution in [0, 0.1) is 0 Å². The number of alkyl halides is 2. The summed E-state index contributed by atoms with van der Waals surface area (Å²) in [6, 6.07) is 12.6. The standard InChI is InChI=1S/C17H17F2N3O5S/c1-2-26-16(23)15(22-28(24,25)14-6-4-3-5-7-14)21-20-12-8-10-13(11-9-12)27-17(18)19/h3-11,17,20H,2H2,1H3,(H,21,22). The number of carbonyl (C=O) groups excluding carboxylic acids is 1. The predicted molar refractivity (Wildman–Crippen MR) is 97.5 cm³/mol. The summed E-state index contributed by atoms with van der Waals surface area (Å²) in [7, 11) is -4.17. The number of nitrogens with zero attached hydrogens (tertiary/aromatic N) is 1. The molecule has 0 aliphatic heterocycles. The van der Waals surface area contributed by atoms with Gasteiger partial charge in [0.25, 0.3) is 10.0 Å². The van der Waals surface area contributed by atoms with Gasteiger partial charge in [-0.05, 0) is 43.3 Å². The average molecular weight is 413 g/mol. The maximum Gasteiger partial charge on any atom is 0.387 e. The van der Waals surface area contributed by atoms with Gasteiger partial charge < -0.3 is 9.47 Å². The maximum absolute atomic E-state index is 12.4. The van der Waals surface area contributed by atoms with E-state index in [9.17, 15) is 22.0 Å². The quantitative estimate of drug-likeness (QED) is 0.311. The van der Waals surface area contributed by atoms with Crippen molar-refractivity contribution in [3.8, 4) is 5.75 Å². The number of carbonyl (C=O) groups is 1. The number of hydrogen-bond donors (Lipinski definition) is 2. The first kappa shape index (κ1) is 21.1. The molecule has 11 heteroatoms. The molecule has 0 fully saturated rings. The fourth-order valence-corrected chi connectivity index (χ4v) is 2.89. The highest BCUT2D eigenvalue weighted by Crippen LogP contribution is 2.17. The second kappa shape index (κ2) is 9.65. The van der Waals surface area contributed by atoms with Gasteiger partial charge in [0.05, 0.1) is 17.2 Å². The van der Waals surface area contributed by atoms with Gasteiger partial charge in [-0.3, -0.25) is 10.9 Å². The third kappa shape index (κ3) is 6.20. The van der Waals surface area contributed by atoms with E-state index in [1.165, 1.54) is 48.5 Å². The van der Waals surface area contributed by atoms with Crippen molar-refractivity contribution < 1.29 is 31.5 Å².